The lowest BCUT2D eigenvalue weighted by Gasteiger charge is -2.39. The Morgan fingerprint density at radius 2 is 1.61 bits per heavy atom. The third-order valence-corrected chi connectivity index (χ3v) is 6.34. The van der Waals surface area contributed by atoms with E-state index in [1.807, 2.05) is 0 Å². The van der Waals surface area contributed by atoms with E-state index in [1.165, 1.54) is 38.1 Å². The number of nitrogens with zero attached hydrogens (tertiary/aromatic N) is 1. The van der Waals surface area contributed by atoms with Gasteiger partial charge in [0.1, 0.15) is 0 Å². The molecule has 0 radical (unpaired) electrons. The molecule has 0 fully saturated rings. The molecule has 0 spiro atoms. The Balaban J connectivity index is 2.52. The van der Waals surface area contributed by atoms with Gasteiger partial charge in [-0.15, -0.1) is 0 Å². The molecular weight excluding hydrogens is 428 g/mol. The maximum atomic E-state index is 15.2. The van der Waals surface area contributed by atoms with Gasteiger partial charge in [0.15, 0.2) is 17.4 Å². The standard InChI is InChI=1S/C23H22ClF2NO4/c1-11-17(23(5,21(30)31)22(2,3)4)16-15(10-14(25)19(28)18(16)26)27(11)20(29)12-6-8-13(24)9-7-12/h6-10,28H,1-5H3,(H,30,31)/t23-/m1/s1. The van der Waals surface area contributed by atoms with E-state index in [9.17, 15) is 24.2 Å². The Bertz CT molecular complexity index is 1230. The fourth-order valence-corrected chi connectivity index (χ4v) is 4.01. The number of hydrogen-bond donors (Lipinski definition) is 2. The van der Waals surface area contributed by atoms with Gasteiger partial charge in [0, 0.05) is 33.3 Å². The van der Waals surface area contributed by atoms with Gasteiger partial charge < -0.3 is 10.2 Å². The van der Waals surface area contributed by atoms with Crippen molar-refractivity contribution < 1.29 is 28.6 Å². The van der Waals surface area contributed by atoms with E-state index in [-0.39, 0.29) is 27.7 Å². The lowest BCUT2D eigenvalue weighted by atomic mass is 9.63. The lowest BCUT2D eigenvalue weighted by Crippen LogP contribution is -2.45. The number of fused-ring (bicyclic) bond motifs is 1. The number of phenolic OH excluding ortho intramolecular Hbond substituents is 1. The average Bonchev–Trinajstić information content (AvgIpc) is 2.96. The average molecular weight is 450 g/mol. The van der Waals surface area contributed by atoms with Crippen LogP contribution in [0.1, 0.15) is 49.3 Å². The quantitative estimate of drug-likeness (QED) is 0.540. The van der Waals surface area contributed by atoms with Gasteiger partial charge in [-0.1, -0.05) is 32.4 Å². The number of rotatable bonds is 3. The summed E-state index contributed by atoms with van der Waals surface area (Å²) < 4.78 is 30.6. The van der Waals surface area contributed by atoms with Gasteiger partial charge >= 0.3 is 5.97 Å². The first-order valence-corrected chi connectivity index (χ1v) is 9.87. The molecule has 1 heterocycles. The number of aromatic hydroxyl groups is 1. The maximum Gasteiger partial charge on any atom is 0.314 e. The van der Waals surface area contributed by atoms with Crippen LogP contribution in [0.25, 0.3) is 10.9 Å². The Morgan fingerprint density at radius 3 is 2.10 bits per heavy atom. The van der Waals surface area contributed by atoms with E-state index in [2.05, 4.69) is 0 Å². The molecule has 0 aliphatic carbocycles. The number of aliphatic carboxylic acids is 1. The van der Waals surface area contributed by atoms with Crippen LogP contribution >= 0.6 is 11.6 Å². The number of phenols is 1. The first-order valence-electron chi connectivity index (χ1n) is 9.49. The second kappa shape index (κ2) is 7.34. The van der Waals surface area contributed by atoms with E-state index in [0.29, 0.717) is 5.02 Å². The highest BCUT2D eigenvalue weighted by Crippen LogP contribution is 2.48. The normalized spacial score (nSPS) is 13.9. The Kier molecular flexibility index (Phi) is 5.39. The monoisotopic (exact) mass is 449 g/mol. The zero-order valence-corrected chi connectivity index (χ0v) is 18.4. The van der Waals surface area contributed by atoms with E-state index in [0.717, 1.165) is 10.6 Å². The van der Waals surface area contributed by atoms with Crippen molar-refractivity contribution in [2.75, 3.05) is 0 Å². The molecule has 1 aromatic heterocycles. The SMILES string of the molecule is Cc1c([C@](C)(C(=O)O)C(C)(C)C)c2c(F)c(O)c(F)cc2n1C(=O)c1ccc(Cl)cc1. The summed E-state index contributed by atoms with van der Waals surface area (Å²) in [6.07, 6.45) is 0. The summed E-state index contributed by atoms with van der Waals surface area (Å²) in [5.74, 6) is -5.66. The number of benzene rings is 2. The molecule has 2 aromatic carbocycles. The molecule has 2 N–H and O–H groups in total. The summed E-state index contributed by atoms with van der Waals surface area (Å²) in [6.45, 7) is 7.92. The maximum absolute atomic E-state index is 15.2. The van der Waals surface area contributed by atoms with Gasteiger partial charge in [0.25, 0.3) is 5.91 Å². The first kappa shape index (κ1) is 22.7. The number of halogens is 3. The van der Waals surface area contributed by atoms with Gasteiger partial charge in [0.2, 0.25) is 0 Å². The van der Waals surface area contributed by atoms with Crippen LogP contribution in [0, 0.1) is 24.0 Å². The van der Waals surface area contributed by atoms with Gasteiger partial charge in [-0.3, -0.25) is 14.2 Å². The highest BCUT2D eigenvalue weighted by molar-refractivity contribution is 6.30. The molecule has 0 amide bonds. The molecule has 1 atom stereocenters. The predicted molar refractivity (Wildman–Crippen MR) is 114 cm³/mol. The van der Waals surface area contributed by atoms with Crippen molar-refractivity contribution in [2.24, 2.45) is 5.41 Å². The summed E-state index contributed by atoms with van der Waals surface area (Å²) in [6, 6.07) is 6.76. The van der Waals surface area contributed by atoms with Crippen molar-refractivity contribution in [1.29, 1.82) is 0 Å². The van der Waals surface area contributed by atoms with Gasteiger partial charge in [-0.25, -0.2) is 8.78 Å². The molecule has 0 aliphatic heterocycles. The molecule has 0 bridgehead atoms. The molecule has 0 saturated heterocycles. The first-order chi connectivity index (χ1) is 14.2. The number of aromatic nitrogens is 1. The second-order valence-electron chi connectivity index (χ2n) is 8.70. The van der Waals surface area contributed by atoms with Crippen LogP contribution in [-0.4, -0.2) is 26.7 Å². The molecule has 31 heavy (non-hydrogen) atoms. The van der Waals surface area contributed by atoms with Gasteiger partial charge in [-0.2, -0.15) is 0 Å². The van der Waals surface area contributed by atoms with Gasteiger partial charge in [-0.05, 0) is 43.5 Å². The predicted octanol–water partition coefficient (Wildman–Crippen LogP) is 5.66. The number of carboxylic acids is 1. The van der Waals surface area contributed by atoms with Crippen LogP contribution in [0.3, 0.4) is 0 Å². The molecule has 3 aromatic rings. The number of carbonyl (C=O) groups is 2. The molecule has 0 unspecified atom stereocenters. The molecule has 5 nitrogen and oxygen atoms in total. The minimum absolute atomic E-state index is 0.00221. The Morgan fingerprint density at radius 1 is 1.06 bits per heavy atom. The highest BCUT2D eigenvalue weighted by Gasteiger charge is 2.50. The summed E-state index contributed by atoms with van der Waals surface area (Å²) >= 11 is 5.89. The van der Waals surface area contributed by atoms with E-state index < -0.39 is 40.1 Å². The van der Waals surface area contributed by atoms with Crippen molar-refractivity contribution in [3.8, 4) is 5.75 Å². The van der Waals surface area contributed by atoms with Crippen molar-refractivity contribution >= 4 is 34.4 Å². The minimum atomic E-state index is -1.67. The topological polar surface area (TPSA) is 79.5 Å². The fourth-order valence-electron chi connectivity index (χ4n) is 3.88. The van der Waals surface area contributed by atoms with Crippen LogP contribution in [0.2, 0.25) is 5.02 Å². The Labute approximate surface area is 182 Å². The lowest BCUT2D eigenvalue weighted by molar-refractivity contribution is -0.147. The number of carboxylic acid groups (broad SMARTS) is 1. The summed E-state index contributed by atoms with van der Waals surface area (Å²) in [7, 11) is 0. The summed E-state index contributed by atoms with van der Waals surface area (Å²) in [5.41, 5.74) is -2.44. The summed E-state index contributed by atoms with van der Waals surface area (Å²) in [5, 5.41) is 20.2. The largest absolute Gasteiger partial charge is 0.503 e. The minimum Gasteiger partial charge on any atom is -0.503 e. The second-order valence-corrected chi connectivity index (χ2v) is 9.14. The van der Waals surface area contributed by atoms with E-state index >= 15 is 4.39 Å². The van der Waals surface area contributed by atoms with E-state index in [1.54, 1.807) is 20.8 Å². The molecule has 0 saturated carbocycles. The fraction of sp³-hybridized carbons (Fsp3) is 0.304. The van der Waals surface area contributed by atoms with Crippen molar-refractivity contribution in [3.05, 3.63) is 63.8 Å². The molecule has 8 heteroatoms. The van der Waals surface area contributed by atoms with Crippen LogP contribution in [-0.2, 0) is 10.2 Å². The van der Waals surface area contributed by atoms with Crippen molar-refractivity contribution in [1.82, 2.24) is 4.57 Å². The zero-order valence-electron chi connectivity index (χ0n) is 17.7. The smallest absolute Gasteiger partial charge is 0.314 e. The molecule has 3 rings (SSSR count). The number of hydrogen-bond acceptors (Lipinski definition) is 3. The zero-order chi connectivity index (χ0) is 23.5. The van der Waals surface area contributed by atoms with Crippen LogP contribution in [0.5, 0.6) is 5.75 Å². The van der Waals surface area contributed by atoms with Crippen molar-refractivity contribution in [2.45, 2.75) is 40.0 Å². The molecule has 0 aliphatic rings. The number of carbonyl (C=O) groups excluding carboxylic acids is 1. The van der Waals surface area contributed by atoms with Crippen LogP contribution in [0.15, 0.2) is 30.3 Å². The van der Waals surface area contributed by atoms with E-state index in [4.69, 9.17) is 11.6 Å². The Hall–Kier alpha value is -2.93. The summed E-state index contributed by atoms with van der Waals surface area (Å²) in [4.78, 5) is 25.8. The molecular formula is C23H22ClF2NO4. The van der Waals surface area contributed by atoms with Crippen LogP contribution < -0.4 is 0 Å². The molecule has 164 valence electrons. The van der Waals surface area contributed by atoms with Crippen LogP contribution in [0.4, 0.5) is 8.78 Å². The van der Waals surface area contributed by atoms with Gasteiger partial charge in [0.05, 0.1) is 10.9 Å². The third-order valence-electron chi connectivity index (χ3n) is 6.08. The van der Waals surface area contributed by atoms with Crippen molar-refractivity contribution in [3.63, 3.8) is 0 Å². The third kappa shape index (κ3) is 3.28. The highest BCUT2D eigenvalue weighted by atomic mass is 35.5.